The Morgan fingerprint density at radius 2 is 1.76 bits per heavy atom. The molecule has 34 heavy (non-hydrogen) atoms. The molecule has 2 heterocycles. The van der Waals surface area contributed by atoms with E-state index in [0.717, 1.165) is 27.9 Å². The monoisotopic (exact) mass is 448 g/mol. The van der Waals surface area contributed by atoms with Crippen molar-refractivity contribution in [1.82, 2.24) is 29.9 Å². The van der Waals surface area contributed by atoms with Gasteiger partial charge in [0.05, 0.1) is 17.8 Å². The lowest BCUT2D eigenvalue weighted by atomic mass is 10.1. The van der Waals surface area contributed by atoms with Gasteiger partial charge in [0.2, 0.25) is 0 Å². The van der Waals surface area contributed by atoms with Crippen molar-refractivity contribution in [3.05, 3.63) is 120 Å². The molecule has 1 N–H and O–H groups in total. The van der Waals surface area contributed by atoms with E-state index < -0.39 is 0 Å². The summed E-state index contributed by atoms with van der Waals surface area (Å²) in [7, 11) is 0. The van der Waals surface area contributed by atoms with Gasteiger partial charge in [-0.1, -0.05) is 66.2 Å². The third kappa shape index (κ3) is 4.78. The number of rotatable bonds is 7. The highest BCUT2D eigenvalue weighted by Gasteiger charge is 2.19. The van der Waals surface area contributed by atoms with E-state index in [2.05, 4.69) is 21.5 Å². The molecular formula is C27H24N6O. The van der Waals surface area contributed by atoms with Gasteiger partial charge in [-0.3, -0.25) is 4.79 Å². The van der Waals surface area contributed by atoms with Gasteiger partial charge in [-0.2, -0.15) is 10.2 Å². The molecule has 7 nitrogen and oxygen atoms in total. The Morgan fingerprint density at radius 3 is 2.56 bits per heavy atom. The largest absolute Gasteiger partial charge is 0.348 e. The van der Waals surface area contributed by atoms with Gasteiger partial charge < -0.3 is 5.32 Å². The van der Waals surface area contributed by atoms with Gasteiger partial charge >= 0.3 is 0 Å². The summed E-state index contributed by atoms with van der Waals surface area (Å²) in [5.74, 6) is -0.166. The fourth-order valence-corrected chi connectivity index (χ4v) is 3.88. The molecule has 0 fully saturated rings. The third-order valence-electron chi connectivity index (χ3n) is 5.53. The average Bonchev–Trinajstić information content (AvgIpc) is 3.54. The van der Waals surface area contributed by atoms with Crippen LogP contribution >= 0.6 is 0 Å². The number of carbonyl (C=O) groups excluding carboxylic acids is 1. The number of nitrogens with zero attached hydrogens (tertiary/aromatic N) is 5. The molecule has 0 aliphatic heterocycles. The number of hydrogen-bond donors (Lipinski definition) is 1. The first-order valence-electron chi connectivity index (χ1n) is 11.1. The van der Waals surface area contributed by atoms with E-state index in [0.29, 0.717) is 24.3 Å². The minimum atomic E-state index is -0.166. The van der Waals surface area contributed by atoms with Crippen LogP contribution in [0.3, 0.4) is 0 Å². The summed E-state index contributed by atoms with van der Waals surface area (Å²) in [6, 6.07) is 25.9. The van der Waals surface area contributed by atoms with Crippen LogP contribution in [0.25, 0.3) is 16.9 Å². The number of aromatic nitrogens is 5. The van der Waals surface area contributed by atoms with Gasteiger partial charge in [0, 0.05) is 18.3 Å². The topological polar surface area (TPSA) is 77.6 Å². The van der Waals surface area contributed by atoms with Crippen molar-refractivity contribution in [2.24, 2.45) is 0 Å². The minimum absolute atomic E-state index is 0.166. The van der Waals surface area contributed by atoms with Gasteiger partial charge in [0.25, 0.3) is 5.91 Å². The van der Waals surface area contributed by atoms with Crippen LogP contribution in [0, 0.1) is 6.92 Å². The van der Waals surface area contributed by atoms with Gasteiger partial charge in [0.1, 0.15) is 18.3 Å². The molecule has 0 saturated carbocycles. The van der Waals surface area contributed by atoms with Crippen molar-refractivity contribution in [3.63, 3.8) is 0 Å². The minimum Gasteiger partial charge on any atom is -0.348 e. The van der Waals surface area contributed by atoms with Gasteiger partial charge in [-0.25, -0.2) is 14.3 Å². The van der Waals surface area contributed by atoms with E-state index in [9.17, 15) is 4.79 Å². The molecule has 0 unspecified atom stereocenters. The SMILES string of the molecule is Cc1cccc(-c2nn(-c3ccccc3)cc2C(=O)NCc2cccc(Cn3cncn3)c2)c1. The molecular weight excluding hydrogens is 424 g/mol. The van der Waals surface area contributed by atoms with Crippen LogP contribution in [0.15, 0.2) is 97.7 Å². The van der Waals surface area contributed by atoms with E-state index in [1.54, 1.807) is 21.9 Å². The Kier molecular flexibility index (Phi) is 5.99. The summed E-state index contributed by atoms with van der Waals surface area (Å²) in [6.45, 7) is 3.07. The summed E-state index contributed by atoms with van der Waals surface area (Å²) in [5.41, 5.74) is 6.22. The molecule has 5 aromatic rings. The maximum absolute atomic E-state index is 13.3. The molecule has 0 aliphatic carbocycles. The van der Waals surface area contributed by atoms with E-state index in [-0.39, 0.29) is 5.91 Å². The van der Waals surface area contributed by atoms with Crippen molar-refractivity contribution in [1.29, 1.82) is 0 Å². The Balaban J connectivity index is 1.39. The third-order valence-corrected chi connectivity index (χ3v) is 5.53. The van der Waals surface area contributed by atoms with Gasteiger partial charge in [-0.05, 0) is 36.2 Å². The number of hydrogen-bond acceptors (Lipinski definition) is 4. The van der Waals surface area contributed by atoms with Crippen molar-refractivity contribution in [2.75, 3.05) is 0 Å². The van der Waals surface area contributed by atoms with Crippen LogP contribution in [-0.4, -0.2) is 30.5 Å². The van der Waals surface area contributed by atoms with Crippen LogP contribution < -0.4 is 5.32 Å². The molecule has 0 bridgehead atoms. The van der Waals surface area contributed by atoms with Crippen molar-refractivity contribution in [2.45, 2.75) is 20.0 Å². The van der Waals surface area contributed by atoms with Gasteiger partial charge in [-0.15, -0.1) is 0 Å². The number of nitrogens with one attached hydrogen (secondary N) is 1. The molecule has 2 aromatic heterocycles. The Labute approximate surface area is 197 Å². The van der Waals surface area contributed by atoms with Crippen molar-refractivity contribution >= 4 is 5.91 Å². The first kappa shape index (κ1) is 21.3. The summed E-state index contributed by atoms with van der Waals surface area (Å²) in [6.07, 6.45) is 5.00. The number of para-hydroxylation sites is 1. The summed E-state index contributed by atoms with van der Waals surface area (Å²) >= 11 is 0. The molecule has 0 aliphatic rings. The molecule has 1 amide bonds. The predicted octanol–water partition coefficient (Wildman–Crippen LogP) is 4.42. The molecule has 0 saturated heterocycles. The Morgan fingerprint density at radius 1 is 0.941 bits per heavy atom. The van der Waals surface area contributed by atoms with E-state index in [1.807, 2.05) is 79.7 Å². The lowest BCUT2D eigenvalue weighted by Gasteiger charge is -2.08. The molecule has 3 aromatic carbocycles. The lowest BCUT2D eigenvalue weighted by Crippen LogP contribution is -2.23. The molecule has 7 heteroatoms. The van der Waals surface area contributed by atoms with Crippen LogP contribution in [0.1, 0.15) is 27.0 Å². The number of amides is 1. The predicted molar refractivity (Wildman–Crippen MR) is 130 cm³/mol. The summed E-state index contributed by atoms with van der Waals surface area (Å²) < 4.78 is 3.52. The second-order valence-corrected chi connectivity index (χ2v) is 8.14. The molecule has 0 spiro atoms. The number of aryl methyl sites for hydroxylation is 1. The molecule has 0 atom stereocenters. The first-order chi connectivity index (χ1) is 16.7. The first-order valence-corrected chi connectivity index (χ1v) is 11.1. The Bertz CT molecular complexity index is 1410. The maximum atomic E-state index is 13.3. The molecule has 168 valence electrons. The van der Waals surface area contributed by atoms with E-state index in [4.69, 9.17) is 5.10 Å². The lowest BCUT2D eigenvalue weighted by molar-refractivity contribution is 0.0951. The fraction of sp³-hybridized carbons (Fsp3) is 0.111. The summed E-state index contributed by atoms with van der Waals surface area (Å²) in [4.78, 5) is 17.3. The zero-order chi connectivity index (χ0) is 23.3. The van der Waals surface area contributed by atoms with Gasteiger partial charge in [0.15, 0.2) is 0 Å². The quantitative estimate of drug-likeness (QED) is 0.400. The second kappa shape index (κ2) is 9.54. The van der Waals surface area contributed by atoms with E-state index >= 15 is 0 Å². The number of benzene rings is 3. The maximum Gasteiger partial charge on any atom is 0.255 e. The van der Waals surface area contributed by atoms with Crippen LogP contribution in [0.4, 0.5) is 0 Å². The standard InChI is InChI=1S/C27H24N6O/c1-20-7-5-10-23(13-20)26-25(17-33(31-26)24-11-3-2-4-12-24)27(34)29-15-21-8-6-9-22(14-21)16-32-19-28-18-30-32/h2-14,17-19H,15-16H2,1H3,(H,29,34). The van der Waals surface area contributed by atoms with Crippen LogP contribution in [0.5, 0.6) is 0 Å². The zero-order valence-corrected chi connectivity index (χ0v) is 18.8. The van der Waals surface area contributed by atoms with Crippen molar-refractivity contribution < 1.29 is 4.79 Å². The smallest absolute Gasteiger partial charge is 0.255 e. The number of carbonyl (C=O) groups is 1. The van der Waals surface area contributed by atoms with E-state index in [1.165, 1.54) is 6.33 Å². The van der Waals surface area contributed by atoms with Crippen LogP contribution in [0.2, 0.25) is 0 Å². The molecule has 0 radical (unpaired) electrons. The highest BCUT2D eigenvalue weighted by molar-refractivity contribution is 6.00. The zero-order valence-electron chi connectivity index (χ0n) is 18.8. The highest BCUT2D eigenvalue weighted by Crippen LogP contribution is 2.25. The fourth-order valence-electron chi connectivity index (χ4n) is 3.88. The highest BCUT2D eigenvalue weighted by atomic mass is 16.1. The Hall–Kier alpha value is -4.52. The second-order valence-electron chi connectivity index (χ2n) is 8.14. The summed E-state index contributed by atoms with van der Waals surface area (Å²) in [5, 5.41) is 12.0. The average molecular weight is 449 g/mol. The molecule has 5 rings (SSSR count). The normalized spacial score (nSPS) is 10.9. The van der Waals surface area contributed by atoms with Crippen molar-refractivity contribution in [3.8, 4) is 16.9 Å². The van der Waals surface area contributed by atoms with Crippen LogP contribution in [-0.2, 0) is 13.1 Å².